The van der Waals surface area contributed by atoms with Crippen molar-refractivity contribution in [3.8, 4) is 0 Å². The first kappa shape index (κ1) is 39.6. The van der Waals surface area contributed by atoms with Crippen molar-refractivity contribution in [1.82, 2.24) is 16.0 Å². The molecule has 0 saturated carbocycles. The van der Waals surface area contributed by atoms with Crippen LogP contribution in [-0.4, -0.2) is 102 Å². The molecular weight excluding hydrogens is 584 g/mol. The van der Waals surface area contributed by atoms with Gasteiger partial charge in [-0.2, -0.15) is 0 Å². The third-order valence-electron chi connectivity index (χ3n) is 6.55. The first-order chi connectivity index (χ1) is 21.7. The van der Waals surface area contributed by atoms with Crippen molar-refractivity contribution in [3.63, 3.8) is 0 Å². The molecule has 5 N–H and O–H groups in total. The lowest BCUT2D eigenvalue weighted by Crippen LogP contribution is -2.46. The Kier molecular flexibility index (Phi) is 21.9. The summed E-state index contributed by atoms with van der Waals surface area (Å²) in [6, 6.07) is 8.44. The largest absolute Gasteiger partial charge is 0.447 e. The van der Waals surface area contributed by atoms with E-state index >= 15 is 0 Å². The molecule has 13 nitrogen and oxygen atoms in total. The van der Waals surface area contributed by atoms with Crippen molar-refractivity contribution in [2.45, 2.75) is 58.4 Å². The standard InChI is InChI=1S/C32H52N4O9/c1-24(2)20-28(29(38)10-11-30(39)34-13-7-14-43-17-16-42-3)36-31(40)26(21-25-8-5-4-6-9-25)22-27(37)23-35-32(41)45-19-18-44-15-12-33/h4-6,8-9,24,26,28H,7,10-23,33H2,1-3H3,(H,34,39)(H,35,41)(H,36,40). The fourth-order valence-corrected chi connectivity index (χ4v) is 4.28. The van der Waals surface area contributed by atoms with Crippen LogP contribution in [0.15, 0.2) is 30.3 Å². The molecule has 0 aliphatic rings. The van der Waals surface area contributed by atoms with Crippen LogP contribution in [0.1, 0.15) is 51.5 Å². The van der Waals surface area contributed by atoms with E-state index in [0.717, 1.165) is 5.56 Å². The van der Waals surface area contributed by atoms with Crippen molar-refractivity contribution in [2.75, 3.05) is 66.4 Å². The van der Waals surface area contributed by atoms with Crippen LogP contribution in [0.25, 0.3) is 0 Å². The highest BCUT2D eigenvalue weighted by Gasteiger charge is 2.28. The van der Waals surface area contributed by atoms with Gasteiger partial charge in [0.25, 0.3) is 0 Å². The third-order valence-corrected chi connectivity index (χ3v) is 6.55. The van der Waals surface area contributed by atoms with Crippen LogP contribution >= 0.6 is 0 Å². The van der Waals surface area contributed by atoms with Crippen molar-refractivity contribution >= 4 is 29.5 Å². The highest BCUT2D eigenvalue weighted by Crippen LogP contribution is 2.16. The normalized spacial score (nSPS) is 12.3. The zero-order chi connectivity index (χ0) is 33.3. The maximum absolute atomic E-state index is 13.5. The summed E-state index contributed by atoms with van der Waals surface area (Å²) in [7, 11) is 1.60. The Morgan fingerprint density at radius 2 is 1.58 bits per heavy atom. The predicted octanol–water partition coefficient (Wildman–Crippen LogP) is 1.56. The summed E-state index contributed by atoms with van der Waals surface area (Å²) in [5, 5.41) is 8.03. The Hall–Kier alpha value is -3.39. The topological polar surface area (TPSA) is 184 Å². The number of benzene rings is 1. The van der Waals surface area contributed by atoms with Crippen LogP contribution < -0.4 is 21.7 Å². The number of Topliss-reactive ketones (excluding diaryl/α,β-unsaturated/α-hetero) is 2. The van der Waals surface area contributed by atoms with Gasteiger partial charge < -0.3 is 40.6 Å². The average molecular weight is 637 g/mol. The molecule has 0 saturated heterocycles. The Bertz CT molecular complexity index is 1010. The molecule has 1 aromatic rings. The van der Waals surface area contributed by atoms with Gasteiger partial charge in [0, 0.05) is 52.0 Å². The zero-order valence-corrected chi connectivity index (χ0v) is 27.0. The van der Waals surface area contributed by atoms with Gasteiger partial charge in [-0.05, 0) is 30.7 Å². The number of hydrogen-bond donors (Lipinski definition) is 4. The smallest absolute Gasteiger partial charge is 0.407 e. The number of carbonyl (C=O) groups is 5. The molecule has 2 unspecified atom stereocenters. The van der Waals surface area contributed by atoms with Gasteiger partial charge >= 0.3 is 6.09 Å². The van der Waals surface area contributed by atoms with Crippen LogP contribution in [0.3, 0.4) is 0 Å². The van der Waals surface area contributed by atoms with E-state index in [0.29, 0.717) is 52.4 Å². The lowest BCUT2D eigenvalue weighted by Gasteiger charge is -2.23. The Morgan fingerprint density at radius 1 is 0.867 bits per heavy atom. The van der Waals surface area contributed by atoms with Crippen LogP contribution in [0.5, 0.6) is 0 Å². The van der Waals surface area contributed by atoms with Crippen molar-refractivity contribution in [3.05, 3.63) is 35.9 Å². The lowest BCUT2D eigenvalue weighted by molar-refractivity contribution is -0.133. The van der Waals surface area contributed by atoms with E-state index in [9.17, 15) is 24.0 Å². The number of methoxy groups -OCH3 is 1. The molecule has 0 bridgehead atoms. The van der Waals surface area contributed by atoms with Gasteiger partial charge in [-0.1, -0.05) is 44.2 Å². The summed E-state index contributed by atoms with van der Waals surface area (Å²) < 4.78 is 20.4. The molecule has 0 aliphatic carbocycles. The molecule has 45 heavy (non-hydrogen) atoms. The number of alkyl carbamates (subject to hydrolysis) is 1. The number of rotatable bonds is 26. The Morgan fingerprint density at radius 3 is 2.27 bits per heavy atom. The number of amides is 3. The Labute approximate surface area is 266 Å². The van der Waals surface area contributed by atoms with Crippen molar-refractivity contribution in [2.24, 2.45) is 17.6 Å². The highest BCUT2D eigenvalue weighted by atomic mass is 16.6. The van der Waals surface area contributed by atoms with Gasteiger partial charge in [0.2, 0.25) is 11.8 Å². The fourth-order valence-electron chi connectivity index (χ4n) is 4.28. The summed E-state index contributed by atoms with van der Waals surface area (Å²) in [5.74, 6) is -1.99. The summed E-state index contributed by atoms with van der Waals surface area (Å²) >= 11 is 0. The minimum atomic E-state index is -0.803. The van der Waals surface area contributed by atoms with E-state index in [1.807, 2.05) is 44.2 Å². The van der Waals surface area contributed by atoms with Gasteiger partial charge in [-0.15, -0.1) is 0 Å². The van der Waals surface area contributed by atoms with Crippen molar-refractivity contribution < 1.29 is 42.9 Å². The number of nitrogens with one attached hydrogen (secondary N) is 3. The van der Waals surface area contributed by atoms with Gasteiger partial charge in [-0.3, -0.25) is 19.2 Å². The molecule has 0 aliphatic heterocycles. The average Bonchev–Trinajstić information content (AvgIpc) is 3.01. The minimum Gasteiger partial charge on any atom is -0.447 e. The van der Waals surface area contributed by atoms with E-state index in [1.165, 1.54) is 0 Å². The molecule has 2 atom stereocenters. The second-order valence-electron chi connectivity index (χ2n) is 11.0. The van der Waals surface area contributed by atoms with Gasteiger partial charge in [0.1, 0.15) is 6.61 Å². The summed E-state index contributed by atoms with van der Waals surface area (Å²) in [5.41, 5.74) is 6.18. The van der Waals surface area contributed by atoms with Crippen molar-refractivity contribution in [1.29, 1.82) is 0 Å². The number of carbonyl (C=O) groups excluding carboxylic acids is 5. The molecule has 0 spiro atoms. The molecule has 1 aromatic carbocycles. The van der Waals surface area contributed by atoms with E-state index in [2.05, 4.69) is 16.0 Å². The van der Waals surface area contributed by atoms with Gasteiger partial charge in [0.05, 0.1) is 39.0 Å². The predicted molar refractivity (Wildman–Crippen MR) is 168 cm³/mol. The second-order valence-corrected chi connectivity index (χ2v) is 11.0. The van der Waals surface area contributed by atoms with Gasteiger partial charge in [-0.25, -0.2) is 4.79 Å². The monoisotopic (exact) mass is 636 g/mol. The number of ether oxygens (including phenoxy) is 4. The molecule has 0 fully saturated rings. The maximum Gasteiger partial charge on any atom is 0.407 e. The van der Waals surface area contributed by atoms with Crippen LogP contribution in [0, 0.1) is 11.8 Å². The minimum absolute atomic E-state index is 0.000669. The summed E-state index contributed by atoms with van der Waals surface area (Å²) in [6.45, 7) is 6.37. The molecule has 0 heterocycles. The number of ketones is 2. The van der Waals surface area contributed by atoms with Gasteiger partial charge in [0.15, 0.2) is 11.6 Å². The van der Waals surface area contributed by atoms with Crippen LogP contribution in [0.2, 0.25) is 0 Å². The molecule has 254 valence electrons. The van der Waals surface area contributed by atoms with E-state index < -0.39 is 24.0 Å². The molecule has 3 amide bonds. The maximum atomic E-state index is 13.5. The number of nitrogens with two attached hydrogens (primary N) is 1. The van der Waals surface area contributed by atoms with E-state index in [-0.39, 0.29) is 68.8 Å². The molecule has 1 rings (SSSR count). The molecule has 0 aromatic heterocycles. The SMILES string of the molecule is COCCOCCCNC(=O)CCC(=O)C(CC(C)C)NC(=O)C(CC(=O)CNC(=O)OCCOCCN)Cc1ccccc1. The first-order valence-corrected chi connectivity index (χ1v) is 15.6. The zero-order valence-electron chi connectivity index (χ0n) is 27.0. The number of hydrogen-bond acceptors (Lipinski definition) is 10. The quantitative estimate of drug-likeness (QED) is 0.109. The lowest BCUT2D eigenvalue weighted by atomic mass is 9.91. The van der Waals surface area contributed by atoms with Crippen LogP contribution in [0.4, 0.5) is 4.79 Å². The van der Waals surface area contributed by atoms with Crippen LogP contribution in [-0.2, 0) is 44.5 Å². The molecule has 13 heteroatoms. The molecule has 0 radical (unpaired) electrons. The summed E-state index contributed by atoms with van der Waals surface area (Å²) in [6.07, 6.45) is 0.338. The first-order valence-electron chi connectivity index (χ1n) is 15.6. The molecular formula is C32H52N4O9. The van der Waals surface area contributed by atoms with E-state index in [1.54, 1.807) is 7.11 Å². The van der Waals surface area contributed by atoms with E-state index in [4.69, 9.17) is 24.7 Å². The fraction of sp³-hybridized carbons (Fsp3) is 0.656. The second kappa shape index (κ2) is 24.9. The summed E-state index contributed by atoms with van der Waals surface area (Å²) in [4.78, 5) is 63.7. The third kappa shape index (κ3) is 20.3. The highest BCUT2D eigenvalue weighted by molar-refractivity contribution is 5.94. The Balaban J connectivity index is 2.71.